The normalized spacial score (nSPS) is 46.6. The molecule has 0 aliphatic carbocycles. The van der Waals surface area contributed by atoms with Crippen molar-refractivity contribution in [1.82, 2.24) is 4.90 Å². The van der Waals surface area contributed by atoms with E-state index in [1.165, 1.54) is 21.0 Å². The van der Waals surface area contributed by atoms with E-state index in [1.54, 1.807) is 34.6 Å². The number of aliphatic hydroxyl groups excluding tert-OH is 2. The summed E-state index contributed by atoms with van der Waals surface area (Å²) < 4.78 is 24.1. The van der Waals surface area contributed by atoms with E-state index in [-0.39, 0.29) is 25.0 Å². The number of nitrogens with zero attached hydrogens (tertiary/aromatic N) is 2. The molecule has 2 unspecified atom stereocenters. The monoisotopic (exact) mass is 602 g/mol. The molecule has 42 heavy (non-hydrogen) atoms. The Morgan fingerprint density at radius 2 is 1.69 bits per heavy atom. The second kappa shape index (κ2) is 14.5. The molecule has 2 rings (SSSR count). The second-order valence-electron chi connectivity index (χ2n) is 13.2. The number of likely N-dealkylation sites (N-methyl/N-ethyl adjacent to an activating group) is 1. The first-order valence-corrected chi connectivity index (χ1v) is 15.0. The van der Waals surface area contributed by atoms with E-state index in [0.29, 0.717) is 6.42 Å². The maximum Gasteiger partial charge on any atom is 0.316 e. The van der Waals surface area contributed by atoms with Gasteiger partial charge in [0.05, 0.1) is 30.0 Å². The average molecular weight is 603 g/mol. The van der Waals surface area contributed by atoms with Gasteiger partial charge in [-0.15, -0.1) is 0 Å². The van der Waals surface area contributed by atoms with Crippen LogP contribution in [0.3, 0.4) is 0 Å². The van der Waals surface area contributed by atoms with E-state index >= 15 is 0 Å². The zero-order valence-electron chi connectivity index (χ0n) is 27.1. The van der Waals surface area contributed by atoms with Crippen LogP contribution in [-0.2, 0) is 28.5 Å². The van der Waals surface area contributed by atoms with Gasteiger partial charge in [-0.05, 0) is 67.0 Å². The van der Waals surface area contributed by atoms with Crippen molar-refractivity contribution < 1.29 is 43.9 Å². The van der Waals surface area contributed by atoms with Gasteiger partial charge in [-0.1, -0.05) is 32.9 Å². The third-order valence-corrected chi connectivity index (χ3v) is 9.66. The SMILES string of the molecule is CC[C@H]1OC(=O)[C@H](C)C(=O)[C@H](C)[C@@H](OC2O[C@H](C)C[C@H](N(C)C)[C@H]2O)[C@@](C)(OC)C[C@@H](C)C(N=O)[C@H](C)[C@@H](O)[C@]1(C)O. The molecule has 3 N–H and O–H groups in total. The average Bonchev–Trinajstić information content (AvgIpc) is 2.93. The number of Topliss-reactive ketones (excluding diaryl/α,β-unsaturated/α-hetero) is 1. The van der Waals surface area contributed by atoms with Gasteiger partial charge in [0, 0.05) is 25.0 Å². The summed E-state index contributed by atoms with van der Waals surface area (Å²) in [6.07, 6.45) is -5.16. The zero-order valence-corrected chi connectivity index (χ0v) is 27.1. The zero-order chi connectivity index (χ0) is 32.3. The number of esters is 1. The number of carbonyl (C=O) groups excluding carboxylic acids is 2. The molecule has 244 valence electrons. The molecule has 2 heterocycles. The molecular weight excluding hydrogens is 548 g/mol. The summed E-state index contributed by atoms with van der Waals surface area (Å²) in [7, 11) is 5.17. The lowest BCUT2D eigenvalue weighted by atomic mass is 9.73. The highest BCUT2D eigenvalue weighted by Gasteiger charge is 2.52. The van der Waals surface area contributed by atoms with Crippen molar-refractivity contribution in [3.63, 3.8) is 0 Å². The summed E-state index contributed by atoms with van der Waals surface area (Å²) in [5.74, 6) is -4.86. The smallest absolute Gasteiger partial charge is 0.316 e. The van der Waals surface area contributed by atoms with Crippen LogP contribution in [0.25, 0.3) is 0 Å². The minimum absolute atomic E-state index is 0.156. The van der Waals surface area contributed by atoms with Gasteiger partial charge in [-0.25, -0.2) is 0 Å². The molecule has 2 fully saturated rings. The van der Waals surface area contributed by atoms with Crippen LogP contribution in [0, 0.1) is 28.6 Å². The molecule has 0 radical (unpaired) electrons. The number of carbonyl (C=O) groups is 2. The van der Waals surface area contributed by atoms with Gasteiger partial charge in [0.25, 0.3) is 0 Å². The molecule has 0 spiro atoms. The molecule has 12 nitrogen and oxygen atoms in total. The van der Waals surface area contributed by atoms with Crippen LogP contribution in [0.4, 0.5) is 0 Å². The van der Waals surface area contributed by atoms with E-state index < -0.39 is 83.4 Å². The minimum atomic E-state index is -1.92. The van der Waals surface area contributed by atoms with Gasteiger partial charge in [0.1, 0.15) is 23.7 Å². The Balaban J connectivity index is 2.65. The Kier molecular flexibility index (Phi) is 12.6. The van der Waals surface area contributed by atoms with Crippen LogP contribution in [0.5, 0.6) is 0 Å². The summed E-state index contributed by atoms with van der Waals surface area (Å²) >= 11 is 0. The van der Waals surface area contributed by atoms with Crippen molar-refractivity contribution >= 4 is 11.8 Å². The van der Waals surface area contributed by atoms with Crippen LogP contribution in [-0.4, -0.2) is 113 Å². The Morgan fingerprint density at radius 1 is 1.10 bits per heavy atom. The standard InChI is InChI=1S/C30H54N2O10/c1-12-21-30(8,37)25(35)17(4)22(31-38)15(2)14-29(7,39-11)26(18(5)23(33)19(6)27(36)41-21)42-28-24(34)20(32(9)10)13-16(3)40-28/h15-22,24-26,28,34-35,37H,12-14H2,1-11H3/t15-,16-,17+,18+,19-,20+,21-,22?,24-,25-,26-,28?,29+,30-/m1/s1. The lowest BCUT2D eigenvalue weighted by molar-refractivity contribution is -0.295. The second-order valence-corrected chi connectivity index (χ2v) is 13.2. The van der Waals surface area contributed by atoms with Gasteiger partial charge in [-0.3, -0.25) is 9.59 Å². The molecule has 2 aliphatic rings. The predicted octanol–water partition coefficient (Wildman–Crippen LogP) is 2.29. The van der Waals surface area contributed by atoms with E-state index in [1.807, 2.05) is 25.9 Å². The first kappa shape index (κ1) is 36.7. The van der Waals surface area contributed by atoms with Crippen LogP contribution < -0.4 is 0 Å². The van der Waals surface area contributed by atoms with Crippen molar-refractivity contribution in [3.8, 4) is 0 Å². The lowest BCUT2D eigenvalue weighted by Crippen LogP contribution is -2.60. The van der Waals surface area contributed by atoms with Crippen molar-refractivity contribution in [2.75, 3.05) is 21.2 Å². The number of hydrogen-bond donors (Lipinski definition) is 3. The van der Waals surface area contributed by atoms with Crippen molar-refractivity contribution in [1.29, 1.82) is 0 Å². The first-order valence-electron chi connectivity index (χ1n) is 15.0. The Morgan fingerprint density at radius 3 is 2.19 bits per heavy atom. The Hall–Kier alpha value is -1.54. The van der Waals surface area contributed by atoms with Crippen molar-refractivity contribution in [3.05, 3.63) is 4.91 Å². The lowest BCUT2D eigenvalue weighted by Gasteiger charge is -2.47. The fourth-order valence-corrected chi connectivity index (χ4v) is 6.81. The number of cyclic esters (lactones) is 1. The van der Waals surface area contributed by atoms with E-state index in [0.717, 1.165) is 0 Å². The maximum absolute atomic E-state index is 13.8. The summed E-state index contributed by atoms with van der Waals surface area (Å²) in [5, 5.41) is 37.1. The quantitative estimate of drug-likeness (QED) is 0.232. The summed E-state index contributed by atoms with van der Waals surface area (Å²) in [6, 6.07) is -1.24. The van der Waals surface area contributed by atoms with Gasteiger partial charge < -0.3 is 39.2 Å². The summed E-state index contributed by atoms with van der Waals surface area (Å²) in [5.41, 5.74) is -3.16. The van der Waals surface area contributed by atoms with Gasteiger partial charge in [0.2, 0.25) is 0 Å². The summed E-state index contributed by atoms with van der Waals surface area (Å²) in [6.45, 7) is 13.1. The fourth-order valence-electron chi connectivity index (χ4n) is 6.81. The van der Waals surface area contributed by atoms with Gasteiger partial charge >= 0.3 is 5.97 Å². The Labute approximate surface area is 250 Å². The number of rotatable bonds is 6. The molecule has 0 aromatic rings. The van der Waals surface area contributed by atoms with E-state index in [2.05, 4.69) is 5.18 Å². The van der Waals surface area contributed by atoms with Crippen LogP contribution >= 0.6 is 0 Å². The number of ketones is 1. The molecular formula is C30H54N2O10. The highest BCUT2D eigenvalue weighted by molar-refractivity contribution is 6.00. The highest BCUT2D eigenvalue weighted by Crippen LogP contribution is 2.39. The molecule has 12 heteroatoms. The third kappa shape index (κ3) is 7.57. The molecule has 2 aliphatic heterocycles. The van der Waals surface area contributed by atoms with E-state index in [4.69, 9.17) is 18.9 Å². The number of methoxy groups -OCH3 is 1. The molecule has 14 atom stereocenters. The Bertz CT molecular complexity index is 932. The highest BCUT2D eigenvalue weighted by atomic mass is 16.7. The van der Waals surface area contributed by atoms with Crippen LogP contribution in [0.15, 0.2) is 5.18 Å². The van der Waals surface area contributed by atoms with Crippen molar-refractivity contribution in [2.24, 2.45) is 28.8 Å². The minimum Gasteiger partial charge on any atom is -0.459 e. The largest absolute Gasteiger partial charge is 0.459 e. The van der Waals surface area contributed by atoms with Crippen molar-refractivity contribution in [2.45, 2.75) is 135 Å². The number of aliphatic hydroxyl groups is 3. The molecule has 0 aromatic heterocycles. The van der Waals surface area contributed by atoms with Crippen LogP contribution in [0.2, 0.25) is 0 Å². The molecule has 2 saturated heterocycles. The number of nitroso groups, excluding NO2 is 1. The first-order chi connectivity index (χ1) is 19.4. The van der Waals surface area contributed by atoms with Gasteiger partial charge in [-0.2, -0.15) is 4.91 Å². The molecule has 0 aromatic carbocycles. The maximum atomic E-state index is 13.8. The topological polar surface area (TPSA) is 164 Å². The number of ether oxygens (including phenoxy) is 4. The molecule has 0 amide bonds. The fraction of sp³-hybridized carbons (Fsp3) is 0.933. The summed E-state index contributed by atoms with van der Waals surface area (Å²) in [4.78, 5) is 41.2. The predicted molar refractivity (Wildman–Crippen MR) is 155 cm³/mol. The van der Waals surface area contributed by atoms with E-state index in [9.17, 15) is 29.8 Å². The third-order valence-electron chi connectivity index (χ3n) is 9.66. The van der Waals surface area contributed by atoms with Crippen LogP contribution in [0.1, 0.15) is 74.7 Å². The number of hydrogen-bond acceptors (Lipinski definition) is 12. The molecule has 0 saturated carbocycles. The molecule has 0 bridgehead atoms. The van der Waals surface area contributed by atoms with Gasteiger partial charge in [0.15, 0.2) is 12.1 Å².